The summed E-state index contributed by atoms with van der Waals surface area (Å²) in [6, 6.07) is 5.19. The molecule has 9 heteroatoms. The normalized spacial score (nSPS) is 20.9. The Kier molecular flexibility index (Phi) is 5.83. The Hall–Kier alpha value is -1.96. The molecule has 1 aromatic carbocycles. The van der Waals surface area contributed by atoms with E-state index >= 15 is 0 Å². The number of carbonyl (C=O) groups excluding carboxylic acids is 2. The van der Waals surface area contributed by atoms with Crippen LogP contribution >= 0.6 is 11.6 Å². The predicted octanol–water partition coefficient (Wildman–Crippen LogP) is 3.68. The first-order valence-corrected chi connectivity index (χ1v) is 9.30. The molecule has 0 radical (unpaired) electrons. The first-order chi connectivity index (χ1) is 12.7. The second kappa shape index (κ2) is 7.96. The van der Waals surface area contributed by atoms with Gasteiger partial charge in [-0.05, 0) is 37.5 Å². The standard InChI is InChI=1S/C18H21ClF3N3O2/c19-14-9-13(4-5-15(14)24-6-2-1-3-7-24)23-17(27)12-8-16(26)25(10-12)11-18(20,21)22/h4-5,9,12H,1-3,6-8,10-11H2,(H,23,27). The Morgan fingerprint density at radius 2 is 1.93 bits per heavy atom. The summed E-state index contributed by atoms with van der Waals surface area (Å²) in [4.78, 5) is 26.9. The molecule has 1 unspecified atom stereocenters. The lowest BCUT2D eigenvalue weighted by Crippen LogP contribution is -2.36. The number of carbonyl (C=O) groups is 2. The molecule has 2 aliphatic heterocycles. The van der Waals surface area contributed by atoms with Crippen LogP contribution in [0.1, 0.15) is 25.7 Å². The summed E-state index contributed by atoms with van der Waals surface area (Å²) < 4.78 is 37.4. The molecule has 0 saturated carbocycles. The van der Waals surface area contributed by atoms with Crippen molar-refractivity contribution in [3.63, 3.8) is 0 Å². The minimum absolute atomic E-state index is 0.221. The lowest BCUT2D eigenvalue weighted by molar-refractivity contribution is -0.157. The molecule has 0 aromatic heterocycles. The molecule has 148 valence electrons. The summed E-state index contributed by atoms with van der Waals surface area (Å²) in [6.07, 6.45) is -1.27. The van der Waals surface area contributed by atoms with Crippen molar-refractivity contribution in [1.29, 1.82) is 0 Å². The Morgan fingerprint density at radius 1 is 1.22 bits per heavy atom. The van der Waals surface area contributed by atoms with Gasteiger partial charge in [-0.1, -0.05) is 11.6 Å². The van der Waals surface area contributed by atoms with Gasteiger partial charge < -0.3 is 15.1 Å². The Bertz CT molecular complexity index is 720. The number of anilines is 2. The molecule has 2 amide bonds. The zero-order chi connectivity index (χ0) is 19.6. The van der Waals surface area contributed by atoms with Crippen LogP contribution in [-0.4, -0.2) is 49.1 Å². The van der Waals surface area contributed by atoms with Crippen LogP contribution in [0.15, 0.2) is 18.2 Å². The van der Waals surface area contributed by atoms with Gasteiger partial charge in [0.1, 0.15) is 6.54 Å². The molecule has 1 N–H and O–H groups in total. The maximum atomic E-state index is 12.5. The van der Waals surface area contributed by atoms with Gasteiger partial charge in [0.25, 0.3) is 0 Å². The molecule has 0 aliphatic carbocycles. The molecule has 2 saturated heterocycles. The third-order valence-corrected chi connectivity index (χ3v) is 5.17. The fourth-order valence-corrected chi connectivity index (χ4v) is 3.84. The number of piperidine rings is 1. The molecule has 1 atom stereocenters. The summed E-state index contributed by atoms with van der Waals surface area (Å²) in [5.74, 6) is -1.94. The van der Waals surface area contributed by atoms with Gasteiger partial charge >= 0.3 is 6.18 Å². The number of rotatable bonds is 4. The van der Waals surface area contributed by atoms with Gasteiger partial charge in [-0.3, -0.25) is 9.59 Å². The maximum Gasteiger partial charge on any atom is 0.406 e. The fraction of sp³-hybridized carbons (Fsp3) is 0.556. The van der Waals surface area contributed by atoms with Gasteiger partial charge in [-0.15, -0.1) is 0 Å². The largest absolute Gasteiger partial charge is 0.406 e. The van der Waals surface area contributed by atoms with Crippen LogP contribution in [0.4, 0.5) is 24.5 Å². The molecular formula is C18H21ClF3N3O2. The van der Waals surface area contributed by atoms with E-state index in [1.807, 2.05) is 6.07 Å². The summed E-state index contributed by atoms with van der Waals surface area (Å²) in [6.45, 7) is 0.311. The number of halogens is 4. The van der Waals surface area contributed by atoms with Crippen LogP contribution in [0.3, 0.4) is 0 Å². The number of benzene rings is 1. The number of amides is 2. The van der Waals surface area contributed by atoms with Gasteiger partial charge in [0, 0.05) is 31.7 Å². The van der Waals surface area contributed by atoms with E-state index in [2.05, 4.69) is 10.2 Å². The van der Waals surface area contributed by atoms with Gasteiger partial charge in [-0.25, -0.2) is 0 Å². The first kappa shape index (κ1) is 19.8. The van der Waals surface area contributed by atoms with E-state index in [1.165, 1.54) is 6.42 Å². The van der Waals surface area contributed by atoms with Crippen LogP contribution in [-0.2, 0) is 9.59 Å². The summed E-state index contributed by atoms with van der Waals surface area (Å²) >= 11 is 6.34. The van der Waals surface area contributed by atoms with Crippen LogP contribution in [0.5, 0.6) is 0 Å². The summed E-state index contributed by atoms with van der Waals surface area (Å²) in [7, 11) is 0. The van der Waals surface area contributed by atoms with Gasteiger partial charge in [0.2, 0.25) is 11.8 Å². The highest BCUT2D eigenvalue weighted by Crippen LogP contribution is 2.31. The molecule has 1 aromatic rings. The minimum Gasteiger partial charge on any atom is -0.370 e. The SMILES string of the molecule is O=C(Nc1ccc(N2CCCCC2)c(Cl)c1)C1CC(=O)N(CC(F)(F)F)C1. The lowest BCUT2D eigenvalue weighted by atomic mass is 10.1. The average molecular weight is 404 g/mol. The van der Waals surface area contributed by atoms with E-state index in [0.717, 1.165) is 31.6 Å². The van der Waals surface area contributed by atoms with Crippen molar-refractivity contribution in [1.82, 2.24) is 4.90 Å². The van der Waals surface area contributed by atoms with Crippen molar-refractivity contribution < 1.29 is 22.8 Å². The molecule has 2 aliphatic rings. The fourth-order valence-electron chi connectivity index (χ4n) is 3.54. The zero-order valence-electron chi connectivity index (χ0n) is 14.7. The molecule has 2 fully saturated rings. The Balaban J connectivity index is 1.61. The number of nitrogens with zero attached hydrogens (tertiary/aromatic N) is 2. The van der Waals surface area contributed by atoms with Gasteiger partial charge in [0.15, 0.2) is 0 Å². The second-order valence-corrected chi connectivity index (χ2v) is 7.40. The van der Waals surface area contributed by atoms with E-state index < -0.39 is 30.5 Å². The van der Waals surface area contributed by atoms with Crippen molar-refractivity contribution in [2.75, 3.05) is 36.4 Å². The topological polar surface area (TPSA) is 52.7 Å². The van der Waals surface area contributed by atoms with Crippen LogP contribution < -0.4 is 10.2 Å². The maximum absolute atomic E-state index is 12.5. The van der Waals surface area contributed by atoms with Crippen molar-refractivity contribution in [3.05, 3.63) is 23.2 Å². The molecule has 2 heterocycles. The third-order valence-electron chi connectivity index (χ3n) is 4.87. The number of alkyl halides is 3. The molecule has 0 spiro atoms. The van der Waals surface area contributed by atoms with Crippen LogP contribution in [0.2, 0.25) is 5.02 Å². The second-order valence-electron chi connectivity index (χ2n) is 6.99. The Labute approximate surface area is 160 Å². The molecule has 27 heavy (non-hydrogen) atoms. The van der Waals surface area contributed by atoms with Gasteiger partial charge in [-0.2, -0.15) is 13.2 Å². The highest BCUT2D eigenvalue weighted by atomic mass is 35.5. The molecular weight excluding hydrogens is 383 g/mol. The summed E-state index contributed by atoms with van der Waals surface area (Å²) in [5, 5.41) is 3.17. The smallest absolute Gasteiger partial charge is 0.370 e. The van der Waals surface area contributed by atoms with E-state index in [9.17, 15) is 22.8 Å². The Morgan fingerprint density at radius 3 is 2.56 bits per heavy atom. The number of hydrogen-bond acceptors (Lipinski definition) is 3. The monoisotopic (exact) mass is 403 g/mol. The highest BCUT2D eigenvalue weighted by Gasteiger charge is 2.40. The van der Waals surface area contributed by atoms with Crippen molar-refractivity contribution >= 4 is 34.8 Å². The van der Waals surface area contributed by atoms with Gasteiger partial charge in [0.05, 0.1) is 16.6 Å². The number of hydrogen-bond donors (Lipinski definition) is 1. The van der Waals surface area contributed by atoms with E-state index in [1.54, 1.807) is 12.1 Å². The average Bonchev–Trinajstić information content (AvgIpc) is 2.95. The molecule has 0 bridgehead atoms. The van der Waals surface area contributed by atoms with Crippen LogP contribution in [0, 0.1) is 5.92 Å². The number of likely N-dealkylation sites (tertiary alicyclic amines) is 1. The van der Waals surface area contributed by atoms with E-state index in [0.29, 0.717) is 15.6 Å². The lowest BCUT2D eigenvalue weighted by Gasteiger charge is -2.29. The van der Waals surface area contributed by atoms with Crippen LogP contribution in [0.25, 0.3) is 0 Å². The highest BCUT2D eigenvalue weighted by molar-refractivity contribution is 6.33. The quantitative estimate of drug-likeness (QED) is 0.834. The molecule has 3 rings (SSSR count). The third kappa shape index (κ3) is 5.06. The van der Waals surface area contributed by atoms with Crippen molar-refractivity contribution in [2.24, 2.45) is 5.92 Å². The number of nitrogens with one attached hydrogen (secondary N) is 1. The molecule has 5 nitrogen and oxygen atoms in total. The van der Waals surface area contributed by atoms with E-state index in [4.69, 9.17) is 11.6 Å². The van der Waals surface area contributed by atoms with Crippen molar-refractivity contribution in [2.45, 2.75) is 31.9 Å². The van der Waals surface area contributed by atoms with E-state index in [-0.39, 0.29) is 13.0 Å². The summed E-state index contributed by atoms with van der Waals surface area (Å²) in [5.41, 5.74) is 1.37. The first-order valence-electron chi connectivity index (χ1n) is 8.93. The minimum atomic E-state index is -4.47. The zero-order valence-corrected chi connectivity index (χ0v) is 15.4. The predicted molar refractivity (Wildman–Crippen MR) is 96.9 cm³/mol. The van der Waals surface area contributed by atoms with Crippen molar-refractivity contribution in [3.8, 4) is 0 Å².